The molecule has 6 heteroatoms. The van der Waals surface area contributed by atoms with Gasteiger partial charge < -0.3 is 4.42 Å². The molecule has 2 aromatic carbocycles. The van der Waals surface area contributed by atoms with Gasteiger partial charge in [-0.2, -0.15) is 0 Å². The first-order valence-corrected chi connectivity index (χ1v) is 13.5. The van der Waals surface area contributed by atoms with Crippen LogP contribution in [0.2, 0.25) is 0 Å². The zero-order valence-corrected chi connectivity index (χ0v) is 22.0. The normalized spacial score (nSPS) is 12.3. The molecular formula is C26H30Cl2FeN2O. The van der Waals surface area contributed by atoms with Crippen molar-refractivity contribution in [2.45, 2.75) is 53.4 Å². The quantitative estimate of drug-likeness (QED) is 0.239. The standard InChI is InChI=1S/C26H30N2O.2ClH.Fe/c1-17(2)21-9-7-11-23(15-21)27-19(5)25-13-14-26(29-25)20(6)28-24-12-8-10-22(16-24)18(3)4;;;/h7-18H,1-6H3;2*1H;/q;;;+2/p-2. The molecule has 1 aromatic heterocycles. The van der Waals surface area contributed by atoms with Gasteiger partial charge >= 0.3 is 33.3 Å². The number of nitrogens with zero attached hydrogens (tertiary/aromatic N) is 2. The zero-order chi connectivity index (χ0) is 23.7. The number of aliphatic imine (C=N–C) groups is 2. The van der Waals surface area contributed by atoms with Gasteiger partial charge in [0.2, 0.25) is 0 Å². The summed E-state index contributed by atoms with van der Waals surface area (Å²) in [5.74, 6) is 2.49. The molecule has 172 valence electrons. The molecule has 0 saturated heterocycles. The molecule has 0 saturated carbocycles. The minimum absolute atomic E-state index is 0.194. The van der Waals surface area contributed by atoms with Crippen LogP contribution in [0.25, 0.3) is 0 Å². The first kappa shape index (κ1) is 26.4. The number of rotatable bonds is 6. The molecule has 0 unspecified atom stereocenters. The number of hydrogen-bond acceptors (Lipinski definition) is 3. The number of halogens is 2. The van der Waals surface area contributed by atoms with Gasteiger partial charge in [-0.15, -0.1) is 0 Å². The molecule has 0 aliphatic carbocycles. The summed E-state index contributed by atoms with van der Waals surface area (Å²) >= 11 is 0.194. The Hall–Kier alpha value is -1.84. The minimum atomic E-state index is 0.194. The first-order chi connectivity index (χ1) is 15.2. The summed E-state index contributed by atoms with van der Waals surface area (Å²) in [6, 6.07) is 20.6. The fourth-order valence-electron chi connectivity index (χ4n) is 3.13. The Morgan fingerprint density at radius 3 is 1.44 bits per heavy atom. The molecule has 0 fully saturated rings. The number of hydrogen-bond donors (Lipinski definition) is 0. The van der Waals surface area contributed by atoms with Crippen LogP contribution in [-0.2, 0) is 13.1 Å². The molecule has 3 nitrogen and oxygen atoms in total. The molecular weight excluding hydrogens is 483 g/mol. The van der Waals surface area contributed by atoms with E-state index in [1.807, 2.05) is 38.1 Å². The van der Waals surface area contributed by atoms with Gasteiger partial charge in [-0.25, -0.2) is 9.98 Å². The van der Waals surface area contributed by atoms with Crippen molar-refractivity contribution in [3.05, 3.63) is 83.3 Å². The van der Waals surface area contributed by atoms with Crippen LogP contribution in [0.3, 0.4) is 0 Å². The second-order valence-corrected chi connectivity index (χ2v) is 9.93. The van der Waals surface area contributed by atoms with Crippen molar-refractivity contribution in [2.24, 2.45) is 9.98 Å². The Morgan fingerprint density at radius 2 is 1.09 bits per heavy atom. The van der Waals surface area contributed by atoms with E-state index >= 15 is 0 Å². The van der Waals surface area contributed by atoms with Crippen LogP contribution < -0.4 is 0 Å². The van der Waals surface area contributed by atoms with Crippen LogP contribution in [0.5, 0.6) is 0 Å². The summed E-state index contributed by atoms with van der Waals surface area (Å²) in [7, 11) is 9.53. The summed E-state index contributed by atoms with van der Waals surface area (Å²) in [5.41, 5.74) is 6.17. The Balaban J connectivity index is 0.00000114. The maximum atomic E-state index is 6.05. The molecule has 0 amide bonds. The van der Waals surface area contributed by atoms with Crippen molar-refractivity contribution >= 4 is 43.0 Å². The van der Waals surface area contributed by atoms with E-state index in [2.05, 4.69) is 64.1 Å². The molecule has 0 aliphatic heterocycles. The van der Waals surface area contributed by atoms with Crippen molar-refractivity contribution in [3.8, 4) is 0 Å². The second kappa shape index (κ2) is 13.0. The fraction of sp³-hybridized carbons (Fsp3) is 0.308. The topological polar surface area (TPSA) is 37.9 Å². The van der Waals surface area contributed by atoms with Crippen molar-refractivity contribution < 1.29 is 17.6 Å². The Labute approximate surface area is 206 Å². The molecule has 0 N–H and O–H groups in total. The average Bonchev–Trinajstić information content (AvgIpc) is 3.25. The average molecular weight is 513 g/mol. The zero-order valence-electron chi connectivity index (χ0n) is 19.3. The molecule has 0 radical (unpaired) electrons. The monoisotopic (exact) mass is 512 g/mol. The van der Waals surface area contributed by atoms with Gasteiger partial charge in [0.25, 0.3) is 0 Å². The molecule has 32 heavy (non-hydrogen) atoms. The Bertz CT molecular complexity index is 989. The van der Waals surface area contributed by atoms with Crippen LogP contribution >= 0.6 is 20.2 Å². The molecule has 1 heterocycles. The summed E-state index contributed by atoms with van der Waals surface area (Å²) in [4.78, 5) is 9.49. The third-order valence-electron chi connectivity index (χ3n) is 4.99. The van der Waals surface area contributed by atoms with Crippen LogP contribution in [0, 0.1) is 0 Å². The van der Waals surface area contributed by atoms with Gasteiger partial charge in [-0.05, 0) is 73.2 Å². The molecule has 3 rings (SSSR count). The number of furan rings is 1. The third kappa shape index (κ3) is 7.94. The van der Waals surface area contributed by atoms with E-state index < -0.39 is 0 Å². The third-order valence-corrected chi connectivity index (χ3v) is 4.99. The van der Waals surface area contributed by atoms with E-state index in [0.717, 1.165) is 34.3 Å². The van der Waals surface area contributed by atoms with Crippen LogP contribution in [0.4, 0.5) is 11.4 Å². The molecule has 0 aliphatic rings. The second-order valence-electron chi connectivity index (χ2n) is 8.11. The summed E-state index contributed by atoms with van der Waals surface area (Å²) in [6.45, 7) is 12.7. The van der Waals surface area contributed by atoms with Gasteiger partial charge in [0, 0.05) is 0 Å². The molecule has 0 atom stereocenters. The predicted molar refractivity (Wildman–Crippen MR) is 135 cm³/mol. The van der Waals surface area contributed by atoms with Crippen LogP contribution in [0.1, 0.15) is 76.0 Å². The fourth-order valence-corrected chi connectivity index (χ4v) is 3.13. The van der Waals surface area contributed by atoms with E-state index in [0.29, 0.717) is 11.8 Å². The van der Waals surface area contributed by atoms with Gasteiger partial charge in [0.05, 0.1) is 22.8 Å². The summed E-state index contributed by atoms with van der Waals surface area (Å²) in [5, 5.41) is 0. The van der Waals surface area contributed by atoms with Crippen molar-refractivity contribution in [2.75, 3.05) is 0 Å². The van der Waals surface area contributed by atoms with Gasteiger partial charge in [-0.3, -0.25) is 0 Å². The first-order valence-electron chi connectivity index (χ1n) is 10.5. The van der Waals surface area contributed by atoms with E-state index in [4.69, 9.17) is 34.6 Å². The van der Waals surface area contributed by atoms with Gasteiger partial charge in [-0.1, -0.05) is 52.0 Å². The van der Waals surface area contributed by atoms with Crippen molar-refractivity contribution in [1.82, 2.24) is 0 Å². The van der Waals surface area contributed by atoms with E-state index in [1.165, 1.54) is 11.1 Å². The van der Waals surface area contributed by atoms with E-state index in [-0.39, 0.29) is 13.1 Å². The molecule has 0 spiro atoms. The van der Waals surface area contributed by atoms with Crippen LogP contribution in [0.15, 0.2) is 75.1 Å². The number of benzene rings is 2. The van der Waals surface area contributed by atoms with Crippen LogP contribution in [-0.4, -0.2) is 11.4 Å². The predicted octanol–water partition coefficient (Wildman–Crippen LogP) is 9.18. The van der Waals surface area contributed by atoms with Gasteiger partial charge in [0.1, 0.15) is 11.5 Å². The molecule has 0 bridgehead atoms. The van der Waals surface area contributed by atoms with E-state index in [1.54, 1.807) is 0 Å². The van der Waals surface area contributed by atoms with Crippen molar-refractivity contribution in [1.29, 1.82) is 0 Å². The van der Waals surface area contributed by atoms with Crippen molar-refractivity contribution in [3.63, 3.8) is 0 Å². The van der Waals surface area contributed by atoms with Gasteiger partial charge in [0.15, 0.2) is 0 Å². The summed E-state index contributed by atoms with van der Waals surface area (Å²) in [6.07, 6.45) is 0. The Kier molecular flexibility index (Phi) is 10.7. The summed E-state index contributed by atoms with van der Waals surface area (Å²) < 4.78 is 6.05. The van der Waals surface area contributed by atoms with E-state index in [9.17, 15) is 0 Å². The SMILES string of the molecule is CC(=Nc1cccc(C(C)C)c1)c1ccc(C(C)=Nc2cccc(C(C)C)c2)o1.[Cl][Fe][Cl]. The maximum absolute atomic E-state index is 6.05. The molecule has 3 aromatic rings. The Morgan fingerprint density at radius 1 is 0.719 bits per heavy atom.